The lowest BCUT2D eigenvalue weighted by Crippen LogP contribution is -2.42. The van der Waals surface area contributed by atoms with Gasteiger partial charge in [-0.2, -0.15) is 0 Å². The van der Waals surface area contributed by atoms with Gasteiger partial charge in [-0.1, -0.05) is 12.1 Å². The molecule has 0 saturated carbocycles. The number of amides is 2. The molecular weight excluding hydrogens is 357 g/mol. The van der Waals surface area contributed by atoms with Gasteiger partial charge < -0.3 is 4.98 Å². The highest BCUT2D eigenvalue weighted by atomic mass is 127. The zero-order chi connectivity index (χ0) is 13.8. The summed E-state index contributed by atoms with van der Waals surface area (Å²) in [6.07, 6.45) is 1.64. The number of rotatable bonds is 2. The van der Waals surface area contributed by atoms with Crippen LogP contribution in [0, 0.1) is 10.5 Å². The van der Waals surface area contributed by atoms with Crippen LogP contribution in [0.3, 0.4) is 0 Å². The number of aromatic amines is 1. The van der Waals surface area contributed by atoms with Crippen molar-refractivity contribution in [3.8, 4) is 0 Å². The molecule has 0 aliphatic rings. The van der Waals surface area contributed by atoms with Gasteiger partial charge in [-0.3, -0.25) is 20.4 Å². The Kier molecular flexibility index (Phi) is 4.20. The van der Waals surface area contributed by atoms with Crippen LogP contribution in [0.4, 0.5) is 0 Å². The van der Waals surface area contributed by atoms with Crippen LogP contribution in [0.15, 0.2) is 36.5 Å². The third kappa shape index (κ3) is 3.14. The smallest absolute Gasteiger partial charge is 0.286 e. The molecule has 0 fully saturated rings. The number of hydrazine groups is 1. The van der Waals surface area contributed by atoms with Gasteiger partial charge in [0.2, 0.25) is 0 Å². The third-order valence-electron chi connectivity index (χ3n) is 2.57. The zero-order valence-corrected chi connectivity index (χ0v) is 12.3. The SMILES string of the molecule is Cc1cccc(C(=O)NNC(=O)c2ccc[nH]2)c1I. The molecule has 1 aromatic heterocycles. The molecule has 3 N–H and O–H groups in total. The van der Waals surface area contributed by atoms with Crippen LogP contribution in [-0.2, 0) is 0 Å². The molecular formula is C13H12IN3O2. The number of halogens is 1. The quantitative estimate of drug-likeness (QED) is 0.560. The van der Waals surface area contributed by atoms with Crippen molar-refractivity contribution in [3.05, 3.63) is 56.9 Å². The molecule has 0 bridgehead atoms. The van der Waals surface area contributed by atoms with E-state index in [9.17, 15) is 9.59 Å². The number of carbonyl (C=O) groups is 2. The predicted octanol–water partition coefficient (Wildman–Crippen LogP) is 2.00. The number of benzene rings is 1. The summed E-state index contributed by atoms with van der Waals surface area (Å²) in [5.41, 5.74) is 6.69. The minimum atomic E-state index is -0.388. The van der Waals surface area contributed by atoms with Gasteiger partial charge in [0.1, 0.15) is 5.69 Å². The maximum absolute atomic E-state index is 12.0. The van der Waals surface area contributed by atoms with Gasteiger partial charge in [0, 0.05) is 9.77 Å². The number of aromatic nitrogens is 1. The monoisotopic (exact) mass is 369 g/mol. The highest BCUT2D eigenvalue weighted by Crippen LogP contribution is 2.16. The highest BCUT2D eigenvalue weighted by molar-refractivity contribution is 14.1. The van der Waals surface area contributed by atoms with E-state index in [-0.39, 0.29) is 11.8 Å². The van der Waals surface area contributed by atoms with E-state index < -0.39 is 0 Å². The van der Waals surface area contributed by atoms with Crippen molar-refractivity contribution in [1.29, 1.82) is 0 Å². The first-order chi connectivity index (χ1) is 9.09. The standard InChI is InChI=1S/C13H12IN3O2/c1-8-4-2-5-9(11(8)14)12(18)16-17-13(19)10-6-3-7-15-10/h2-7,15H,1H3,(H,16,18)(H,17,19). The van der Waals surface area contributed by atoms with E-state index in [0.29, 0.717) is 11.3 Å². The average molecular weight is 369 g/mol. The predicted molar refractivity (Wildman–Crippen MR) is 79.6 cm³/mol. The highest BCUT2D eigenvalue weighted by Gasteiger charge is 2.12. The average Bonchev–Trinajstić information content (AvgIpc) is 2.93. The van der Waals surface area contributed by atoms with Crippen LogP contribution in [0.5, 0.6) is 0 Å². The number of hydrogen-bond acceptors (Lipinski definition) is 2. The molecule has 0 radical (unpaired) electrons. The number of aryl methyl sites for hydroxylation is 1. The first-order valence-corrected chi connectivity index (χ1v) is 6.66. The van der Waals surface area contributed by atoms with E-state index in [0.717, 1.165) is 9.13 Å². The molecule has 0 unspecified atom stereocenters. The Balaban J connectivity index is 2.02. The van der Waals surface area contributed by atoms with Crippen LogP contribution >= 0.6 is 22.6 Å². The number of carbonyl (C=O) groups excluding carboxylic acids is 2. The van der Waals surface area contributed by atoms with Crippen molar-refractivity contribution in [2.24, 2.45) is 0 Å². The van der Waals surface area contributed by atoms with Gasteiger partial charge in [-0.05, 0) is 53.3 Å². The van der Waals surface area contributed by atoms with Gasteiger partial charge in [-0.25, -0.2) is 0 Å². The molecule has 1 heterocycles. The largest absolute Gasteiger partial charge is 0.357 e. The lowest BCUT2D eigenvalue weighted by molar-refractivity contribution is 0.0844. The lowest BCUT2D eigenvalue weighted by Gasteiger charge is -2.09. The molecule has 0 aliphatic carbocycles. The van der Waals surface area contributed by atoms with Crippen molar-refractivity contribution >= 4 is 34.4 Å². The molecule has 1 aromatic carbocycles. The second-order valence-electron chi connectivity index (χ2n) is 3.93. The normalized spacial score (nSPS) is 10.0. The van der Waals surface area contributed by atoms with E-state index in [1.54, 1.807) is 30.5 Å². The van der Waals surface area contributed by atoms with E-state index in [4.69, 9.17) is 0 Å². The van der Waals surface area contributed by atoms with Gasteiger partial charge in [0.15, 0.2) is 0 Å². The Bertz CT molecular complexity index is 608. The molecule has 5 nitrogen and oxygen atoms in total. The Labute approximate surface area is 123 Å². The summed E-state index contributed by atoms with van der Waals surface area (Å²) in [7, 11) is 0. The summed E-state index contributed by atoms with van der Waals surface area (Å²) in [4.78, 5) is 26.3. The van der Waals surface area contributed by atoms with Crippen LogP contribution in [0.2, 0.25) is 0 Å². The maximum atomic E-state index is 12.0. The molecule has 0 atom stereocenters. The molecule has 98 valence electrons. The van der Waals surface area contributed by atoms with E-state index in [1.807, 2.05) is 13.0 Å². The third-order valence-corrected chi connectivity index (χ3v) is 4.00. The molecule has 0 spiro atoms. The summed E-state index contributed by atoms with van der Waals surface area (Å²) in [6.45, 7) is 1.93. The first-order valence-electron chi connectivity index (χ1n) is 5.59. The summed E-state index contributed by atoms with van der Waals surface area (Å²) >= 11 is 2.11. The Morgan fingerprint density at radius 1 is 1.11 bits per heavy atom. The van der Waals surface area contributed by atoms with E-state index >= 15 is 0 Å². The minimum Gasteiger partial charge on any atom is -0.357 e. The molecule has 2 aromatic rings. The summed E-state index contributed by atoms with van der Waals surface area (Å²) in [5.74, 6) is -0.728. The Hall–Kier alpha value is -1.83. The zero-order valence-electron chi connectivity index (χ0n) is 10.2. The fraction of sp³-hybridized carbons (Fsp3) is 0.0769. The van der Waals surface area contributed by atoms with Crippen LogP contribution < -0.4 is 10.9 Å². The van der Waals surface area contributed by atoms with Crippen molar-refractivity contribution < 1.29 is 9.59 Å². The van der Waals surface area contributed by atoms with E-state index in [1.165, 1.54) is 0 Å². The molecule has 6 heteroatoms. The van der Waals surface area contributed by atoms with Gasteiger partial charge in [0.05, 0.1) is 5.56 Å². The number of H-pyrrole nitrogens is 1. The molecule has 19 heavy (non-hydrogen) atoms. The molecule has 0 saturated heterocycles. The van der Waals surface area contributed by atoms with Crippen LogP contribution in [-0.4, -0.2) is 16.8 Å². The molecule has 2 rings (SSSR count). The van der Waals surface area contributed by atoms with Crippen molar-refractivity contribution in [2.45, 2.75) is 6.92 Å². The topological polar surface area (TPSA) is 74.0 Å². The van der Waals surface area contributed by atoms with E-state index in [2.05, 4.69) is 38.4 Å². The molecule has 0 aliphatic heterocycles. The summed E-state index contributed by atoms with van der Waals surface area (Å²) in [5, 5.41) is 0. The summed E-state index contributed by atoms with van der Waals surface area (Å²) in [6, 6.07) is 8.78. The van der Waals surface area contributed by atoms with Crippen molar-refractivity contribution in [2.75, 3.05) is 0 Å². The number of nitrogens with one attached hydrogen (secondary N) is 3. The summed E-state index contributed by atoms with van der Waals surface area (Å²) < 4.78 is 0.867. The first kappa shape index (κ1) is 13.6. The van der Waals surface area contributed by atoms with Crippen molar-refractivity contribution in [3.63, 3.8) is 0 Å². The minimum absolute atomic E-state index is 0.340. The Morgan fingerprint density at radius 2 is 1.84 bits per heavy atom. The fourth-order valence-electron chi connectivity index (χ4n) is 1.54. The lowest BCUT2D eigenvalue weighted by atomic mass is 10.1. The Morgan fingerprint density at radius 3 is 2.53 bits per heavy atom. The van der Waals surface area contributed by atoms with Gasteiger partial charge >= 0.3 is 0 Å². The van der Waals surface area contributed by atoms with Crippen LogP contribution in [0.25, 0.3) is 0 Å². The van der Waals surface area contributed by atoms with Crippen molar-refractivity contribution in [1.82, 2.24) is 15.8 Å². The fourth-order valence-corrected chi connectivity index (χ4v) is 2.15. The van der Waals surface area contributed by atoms with Crippen LogP contribution in [0.1, 0.15) is 26.4 Å². The molecule has 2 amide bonds. The maximum Gasteiger partial charge on any atom is 0.286 e. The van der Waals surface area contributed by atoms with Gasteiger partial charge in [-0.15, -0.1) is 0 Å². The second kappa shape index (κ2) is 5.87. The van der Waals surface area contributed by atoms with Gasteiger partial charge in [0.25, 0.3) is 11.8 Å². The number of hydrogen-bond donors (Lipinski definition) is 3. The second-order valence-corrected chi connectivity index (χ2v) is 5.01.